The Bertz CT molecular complexity index is 1400. The molecule has 0 aromatic heterocycles. The second kappa shape index (κ2) is 9.67. The Labute approximate surface area is 218 Å². The van der Waals surface area contributed by atoms with Crippen molar-refractivity contribution < 1.29 is 27.5 Å². The van der Waals surface area contributed by atoms with Crippen molar-refractivity contribution in [3.63, 3.8) is 0 Å². The van der Waals surface area contributed by atoms with Crippen LogP contribution in [0.4, 0.5) is 24.5 Å². The second-order valence-corrected chi connectivity index (χ2v) is 10.4. The molecule has 196 valence electrons. The quantitative estimate of drug-likeness (QED) is 0.404. The molecule has 1 amide bonds. The zero-order chi connectivity index (χ0) is 27.1. The average Bonchev–Trinajstić information content (AvgIpc) is 3.01. The highest BCUT2D eigenvalue weighted by Gasteiger charge is 2.50. The maximum atomic E-state index is 14.0. The maximum Gasteiger partial charge on any atom is 0.471 e. The summed E-state index contributed by atoms with van der Waals surface area (Å²) >= 11 is 0. The minimum atomic E-state index is -5.15. The van der Waals surface area contributed by atoms with E-state index >= 15 is 0 Å². The van der Waals surface area contributed by atoms with Gasteiger partial charge in [0.15, 0.2) is 5.78 Å². The molecule has 0 fully saturated rings. The number of ketones is 1. The molecule has 3 aromatic rings. The molecule has 1 heterocycles. The molecule has 0 radical (unpaired) electrons. The highest BCUT2D eigenvalue weighted by atomic mass is 19.4. The van der Waals surface area contributed by atoms with Gasteiger partial charge in [-0.15, -0.1) is 0 Å². The molecule has 0 bridgehead atoms. The zero-order valence-corrected chi connectivity index (χ0v) is 21.0. The number of rotatable bonds is 4. The van der Waals surface area contributed by atoms with Crippen molar-refractivity contribution in [1.29, 1.82) is 0 Å². The van der Waals surface area contributed by atoms with E-state index in [2.05, 4.69) is 5.32 Å². The smallest absolute Gasteiger partial charge is 0.471 e. The van der Waals surface area contributed by atoms with E-state index in [1.807, 2.05) is 44.2 Å². The Morgan fingerprint density at radius 1 is 0.974 bits per heavy atom. The minimum absolute atomic E-state index is 0.0595. The molecule has 5 rings (SSSR count). The van der Waals surface area contributed by atoms with Crippen molar-refractivity contribution in [3.8, 4) is 5.75 Å². The zero-order valence-electron chi connectivity index (χ0n) is 21.0. The molecule has 5 nitrogen and oxygen atoms in total. The highest BCUT2D eigenvalue weighted by Crippen LogP contribution is 2.49. The lowest BCUT2D eigenvalue weighted by Crippen LogP contribution is -2.45. The summed E-state index contributed by atoms with van der Waals surface area (Å²) in [5.74, 6) is -1.80. The predicted molar refractivity (Wildman–Crippen MR) is 139 cm³/mol. The minimum Gasteiger partial charge on any atom is -0.489 e. The van der Waals surface area contributed by atoms with Gasteiger partial charge < -0.3 is 10.1 Å². The number of para-hydroxylation sites is 2. The first-order valence-corrected chi connectivity index (χ1v) is 12.3. The summed E-state index contributed by atoms with van der Waals surface area (Å²) < 4.78 is 47.8. The molecule has 0 saturated heterocycles. The Balaban J connectivity index is 1.61. The number of carbonyl (C=O) groups is 2. The molecule has 1 aliphatic carbocycles. The number of carbonyl (C=O) groups excluding carboxylic acids is 2. The highest BCUT2D eigenvalue weighted by molar-refractivity contribution is 6.07. The predicted octanol–water partition coefficient (Wildman–Crippen LogP) is 6.97. The van der Waals surface area contributed by atoms with Crippen LogP contribution >= 0.6 is 0 Å². The number of alkyl halides is 3. The third-order valence-electron chi connectivity index (χ3n) is 6.81. The lowest BCUT2D eigenvalue weighted by atomic mass is 9.73. The molecule has 1 N–H and O–H groups in total. The number of ether oxygens (including phenoxy) is 1. The number of hydrogen-bond acceptors (Lipinski definition) is 4. The molecule has 3 aromatic carbocycles. The number of allylic oxidation sites excluding steroid dienone is 1. The van der Waals surface area contributed by atoms with Crippen LogP contribution in [0.3, 0.4) is 0 Å². The third kappa shape index (κ3) is 5.03. The first-order valence-electron chi connectivity index (χ1n) is 12.3. The number of fused-ring (bicyclic) bond motifs is 1. The van der Waals surface area contributed by atoms with Crippen molar-refractivity contribution in [2.45, 2.75) is 45.5 Å². The molecule has 38 heavy (non-hydrogen) atoms. The average molecular weight is 521 g/mol. The number of anilines is 2. The first kappa shape index (κ1) is 25.6. The summed E-state index contributed by atoms with van der Waals surface area (Å²) in [5, 5.41) is 3.21. The van der Waals surface area contributed by atoms with Crippen molar-refractivity contribution in [1.82, 2.24) is 0 Å². The summed E-state index contributed by atoms with van der Waals surface area (Å²) in [6, 6.07) is 21.2. The van der Waals surface area contributed by atoms with E-state index in [1.54, 1.807) is 42.5 Å². The van der Waals surface area contributed by atoms with Crippen molar-refractivity contribution in [2.75, 3.05) is 10.2 Å². The molecular formula is C30H27F3N2O3. The van der Waals surface area contributed by atoms with Crippen LogP contribution in [0.1, 0.15) is 43.9 Å². The fourth-order valence-electron chi connectivity index (χ4n) is 5.15. The van der Waals surface area contributed by atoms with Gasteiger partial charge in [-0.25, -0.2) is 0 Å². The number of nitrogens with one attached hydrogen (secondary N) is 1. The van der Waals surface area contributed by atoms with Gasteiger partial charge in [0.05, 0.1) is 17.4 Å². The van der Waals surface area contributed by atoms with E-state index in [1.165, 1.54) is 6.07 Å². The maximum absolute atomic E-state index is 14.0. The van der Waals surface area contributed by atoms with Crippen LogP contribution in [0, 0.1) is 5.41 Å². The molecule has 0 saturated carbocycles. The van der Waals surface area contributed by atoms with Gasteiger partial charge >= 0.3 is 12.1 Å². The number of Topliss-reactive ketones (excluding diaryl/α,β-unsaturated/α-hetero) is 1. The number of hydrogen-bond donors (Lipinski definition) is 1. The Morgan fingerprint density at radius 3 is 2.32 bits per heavy atom. The number of nitrogens with zero attached hydrogens (tertiary/aromatic N) is 1. The number of amides is 1. The lowest BCUT2D eigenvalue weighted by Gasteiger charge is -2.37. The Hall–Kier alpha value is -4.07. The van der Waals surface area contributed by atoms with E-state index in [4.69, 9.17) is 4.74 Å². The summed E-state index contributed by atoms with van der Waals surface area (Å²) in [6.45, 7) is 4.21. The van der Waals surface area contributed by atoms with Crippen LogP contribution in [-0.2, 0) is 16.2 Å². The van der Waals surface area contributed by atoms with E-state index in [9.17, 15) is 22.8 Å². The summed E-state index contributed by atoms with van der Waals surface area (Å²) in [4.78, 5) is 27.2. The van der Waals surface area contributed by atoms with Gasteiger partial charge in [-0.2, -0.15) is 13.2 Å². The van der Waals surface area contributed by atoms with E-state index in [-0.39, 0.29) is 28.9 Å². The van der Waals surface area contributed by atoms with Gasteiger partial charge in [0.25, 0.3) is 0 Å². The number of benzene rings is 3. The van der Waals surface area contributed by atoms with Gasteiger partial charge in [0, 0.05) is 17.7 Å². The topological polar surface area (TPSA) is 58.6 Å². The molecule has 2 aliphatic rings. The van der Waals surface area contributed by atoms with Crippen molar-refractivity contribution >= 4 is 23.1 Å². The van der Waals surface area contributed by atoms with Crippen molar-refractivity contribution in [3.05, 3.63) is 101 Å². The standard InChI is InChI=1S/C30H27F3N2O3/c1-29(2)16-23-26(25(36)17-29)27(20-12-14-21(15-13-20)38-18-19-8-4-3-5-9-19)35(28(37)30(31,32)33)24-11-7-6-10-22(24)34-23/h3-15,27,34H,16-18H2,1-2H3/t27-/m0/s1. The van der Waals surface area contributed by atoms with Gasteiger partial charge in [-0.05, 0) is 47.2 Å². The molecule has 8 heteroatoms. The van der Waals surface area contributed by atoms with E-state index in [0.717, 1.165) is 5.56 Å². The Kier molecular flexibility index (Phi) is 6.51. The summed E-state index contributed by atoms with van der Waals surface area (Å²) in [7, 11) is 0. The second-order valence-electron chi connectivity index (χ2n) is 10.4. The molecule has 1 atom stereocenters. The van der Waals surface area contributed by atoms with E-state index < -0.39 is 18.1 Å². The molecule has 0 spiro atoms. The monoisotopic (exact) mass is 520 g/mol. The van der Waals surface area contributed by atoms with Gasteiger partial charge in [-0.1, -0.05) is 68.4 Å². The van der Waals surface area contributed by atoms with Crippen LogP contribution < -0.4 is 15.0 Å². The number of halogens is 3. The third-order valence-corrected chi connectivity index (χ3v) is 6.81. The normalized spacial score (nSPS) is 18.7. The van der Waals surface area contributed by atoms with Gasteiger partial charge in [0.1, 0.15) is 12.4 Å². The van der Waals surface area contributed by atoms with Crippen LogP contribution in [0.2, 0.25) is 0 Å². The van der Waals surface area contributed by atoms with E-state index in [0.29, 0.717) is 40.6 Å². The summed E-state index contributed by atoms with van der Waals surface area (Å²) in [5.41, 5.74) is 2.07. The largest absolute Gasteiger partial charge is 0.489 e. The first-order chi connectivity index (χ1) is 18.0. The molecule has 0 unspecified atom stereocenters. The molecular weight excluding hydrogens is 493 g/mol. The lowest BCUT2D eigenvalue weighted by molar-refractivity contribution is -0.170. The van der Waals surface area contributed by atoms with Crippen LogP contribution in [0.15, 0.2) is 90.1 Å². The fraction of sp³-hybridized carbons (Fsp3) is 0.267. The van der Waals surface area contributed by atoms with Crippen molar-refractivity contribution in [2.24, 2.45) is 5.41 Å². The van der Waals surface area contributed by atoms with Crippen LogP contribution in [0.25, 0.3) is 0 Å². The van der Waals surface area contributed by atoms with Crippen LogP contribution in [0.5, 0.6) is 5.75 Å². The van der Waals surface area contributed by atoms with Gasteiger partial charge in [-0.3, -0.25) is 14.5 Å². The fourth-order valence-corrected chi connectivity index (χ4v) is 5.15. The molecule has 1 aliphatic heterocycles. The van der Waals surface area contributed by atoms with Gasteiger partial charge in [0.2, 0.25) is 0 Å². The Morgan fingerprint density at radius 2 is 1.63 bits per heavy atom. The summed E-state index contributed by atoms with van der Waals surface area (Å²) in [6.07, 6.45) is -4.54. The SMILES string of the molecule is CC1(C)CC(=O)C2=C(C1)Nc1ccccc1N(C(=O)C(F)(F)F)[C@H]2c1ccc(OCc2ccccc2)cc1. The van der Waals surface area contributed by atoms with Crippen LogP contribution in [-0.4, -0.2) is 17.9 Å².